The van der Waals surface area contributed by atoms with Gasteiger partial charge in [0.2, 0.25) is 0 Å². The second-order valence-corrected chi connectivity index (χ2v) is 6.66. The second-order valence-electron chi connectivity index (χ2n) is 4.82. The van der Waals surface area contributed by atoms with Crippen molar-refractivity contribution in [2.75, 3.05) is 23.7 Å². The fourth-order valence-corrected chi connectivity index (χ4v) is 2.59. The van der Waals surface area contributed by atoms with Gasteiger partial charge in [0.15, 0.2) is 0 Å². The highest BCUT2D eigenvalue weighted by Crippen LogP contribution is 2.15. The van der Waals surface area contributed by atoms with E-state index in [2.05, 4.69) is 53.3 Å². The Morgan fingerprint density at radius 2 is 1.17 bits per heavy atom. The van der Waals surface area contributed by atoms with Gasteiger partial charge in [0.25, 0.3) is 11.8 Å². The van der Waals surface area contributed by atoms with E-state index >= 15 is 0 Å². The third-order valence-electron chi connectivity index (χ3n) is 2.90. The second kappa shape index (κ2) is 9.29. The molecule has 0 bridgehead atoms. The summed E-state index contributed by atoms with van der Waals surface area (Å²) in [5.74, 6) is -0.684. The predicted molar refractivity (Wildman–Crippen MR) is 102 cm³/mol. The quantitative estimate of drug-likeness (QED) is 0.505. The van der Waals surface area contributed by atoms with Gasteiger partial charge in [-0.2, -0.15) is 0 Å². The Morgan fingerprint density at radius 3 is 1.54 bits per heavy atom. The van der Waals surface area contributed by atoms with Gasteiger partial charge in [-0.1, -0.05) is 44.0 Å². The topological polar surface area (TPSA) is 82.3 Å². The number of carbonyl (C=O) groups is 2. The zero-order valence-corrected chi connectivity index (χ0v) is 15.8. The van der Waals surface area contributed by atoms with Crippen LogP contribution in [0.3, 0.4) is 0 Å². The number of hydrogen-bond acceptors (Lipinski definition) is 4. The lowest BCUT2D eigenvalue weighted by atomic mass is 10.3. The molecule has 0 unspecified atom stereocenters. The minimum absolute atomic E-state index is 0.0514. The van der Waals surface area contributed by atoms with Crippen molar-refractivity contribution in [3.05, 3.63) is 57.5 Å². The number of hydrazine groups is 1. The minimum atomic E-state index is -0.342. The number of nitrogens with one attached hydrogen (secondary N) is 4. The molecule has 0 radical (unpaired) electrons. The molecule has 2 rings (SSSR count). The van der Waals surface area contributed by atoms with E-state index in [1.54, 1.807) is 0 Å². The van der Waals surface area contributed by atoms with E-state index in [4.69, 9.17) is 0 Å². The van der Waals surface area contributed by atoms with E-state index in [9.17, 15) is 9.59 Å². The van der Waals surface area contributed by atoms with Crippen LogP contribution in [0, 0.1) is 0 Å². The van der Waals surface area contributed by atoms with Gasteiger partial charge in [0.1, 0.15) is 0 Å². The third kappa shape index (κ3) is 6.59. The van der Waals surface area contributed by atoms with Crippen LogP contribution >= 0.6 is 31.9 Å². The SMILES string of the molecule is O=C(CNc1cccc(Br)c1)NNC(=O)CNc1cccc(Br)c1. The maximum atomic E-state index is 11.7. The molecule has 2 aromatic rings. The lowest BCUT2D eigenvalue weighted by Crippen LogP contribution is -2.46. The molecule has 0 aliphatic rings. The Balaban J connectivity index is 1.66. The van der Waals surface area contributed by atoms with Crippen LogP contribution < -0.4 is 21.5 Å². The Labute approximate surface area is 156 Å². The minimum Gasteiger partial charge on any atom is -0.376 e. The molecular weight excluding hydrogens is 440 g/mol. The van der Waals surface area contributed by atoms with Gasteiger partial charge >= 0.3 is 0 Å². The van der Waals surface area contributed by atoms with Crippen molar-refractivity contribution in [1.82, 2.24) is 10.9 Å². The monoisotopic (exact) mass is 454 g/mol. The molecule has 0 atom stereocenters. The Bertz CT molecular complexity index is 663. The fraction of sp³-hybridized carbons (Fsp3) is 0.125. The van der Waals surface area contributed by atoms with E-state index < -0.39 is 0 Å². The average molecular weight is 456 g/mol. The maximum absolute atomic E-state index is 11.7. The molecule has 0 aliphatic heterocycles. The van der Waals surface area contributed by atoms with Gasteiger partial charge < -0.3 is 10.6 Å². The van der Waals surface area contributed by atoms with Crippen LogP contribution in [0.25, 0.3) is 0 Å². The van der Waals surface area contributed by atoms with Gasteiger partial charge in [-0.15, -0.1) is 0 Å². The van der Waals surface area contributed by atoms with Crippen LogP contribution in [0.15, 0.2) is 57.5 Å². The summed E-state index contributed by atoms with van der Waals surface area (Å²) in [6, 6.07) is 14.9. The first-order valence-corrected chi connectivity index (χ1v) is 8.68. The van der Waals surface area contributed by atoms with Gasteiger partial charge in [-0.05, 0) is 36.4 Å². The van der Waals surface area contributed by atoms with Crippen LogP contribution in [-0.2, 0) is 9.59 Å². The van der Waals surface area contributed by atoms with E-state index in [1.807, 2.05) is 48.5 Å². The number of benzene rings is 2. The van der Waals surface area contributed by atoms with Crippen molar-refractivity contribution in [2.24, 2.45) is 0 Å². The van der Waals surface area contributed by atoms with Crippen LogP contribution in [0.1, 0.15) is 0 Å². The summed E-state index contributed by atoms with van der Waals surface area (Å²) in [5.41, 5.74) is 6.32. The van der Waals surface area contributed by atoms with Crippen LogP contribution in [0.2, 0.25) is 0 Å². The molecule has 0 spiro atoms. The summed E-state index contributed by atoms with van der Waals surface area (Å²) < 4.78 is 1.83. The van der Waals surface area contributed by atoms with Crippen molar-refractivity contribution in [1.29, 1.82) is 0 Å². The lowest BCUT2D eigenvalue weighted by Gasteiger charge is -2.10. The molecule has 0 saturated carbocycles. The van der Waals surface area contributed by atoms with E-state index in [0.29, 0.717) is 0 Å². The Morgan fingerprint density at radius 1 is 0.750 bits per heavy atom. The van der Waals surface area contributed by atoms with Crippen molar-refractivity contribution >= 4 is 55.0 Å². The molecule has 24 heavy (non-hydrogen) atoms. The van der Waals surface area contributed by atoms with Crippen LogP contribution in [0.5, 0.6) is 0 Å². The predicted octanol–water partition coefficient (Wildman–Crippen LogP) is 2.88. The number of amides is 2. The molecule has 4 N–H and O–H groups in total. The van der Waals surface area contributed by atoms with Crippen molar-refractivity contribution in [3.63, 3.8) is 0 Å². The van der Waals surface area contributed by atoms with Crippen molar-refractivity contribution in [3.8, 4) is 0 Å². The highest BCUT2D eigenvalue weighted by Gasteiger charge is 2.05. The molecule has 0 aliphatic carbocycles. The summed E-state index contributed by atoms with van der Waals surface area (Å²) in [6.45, 7) is 0.103. The Kier molecular flexibility index (Phi) is 7.07. The molecule has 126 valence electrons. The van der Waals surface area contributed by atoms with Crippen molar-refractivity contribution < 1.29 is 9.59 Å². The number of rotatable bonds is 6. The highest BCUT2D eigenvalue weighted by molar-refractivity contribution is 9.10. The molecule has 0 saturated heterocycles. The smallest absolute Gasteiger partial charge is 0.257 e. The standard InChI is InChI=1S/C16H16Br2N4O2/c17-11-3-1-5-13(7-11)19-9-15(23)21-22-16(24)10-20-14-6-2-4-12(18)8-14/h1-8,19-20H,9-10H2,(H,21,23)(H,22,24). The average Bonchev–Trinajstić information content (AvgIpc) is 2.56. The maximum Gasteiger partial charge on any atom is 0.257 e. The molecule has 2 aromatic carbocycles. The summed E-state index contributed by atoms with van der Waals surface area (Å²) in [4.78, 5) is 23.4. The number of carbonyl (C=O) groups excluding carboxylic acids is 2. The first-order valence-electron chi connectivity index (χ1n) is 7.09. The largest absolute Gasteiger partial charge is 0.376 e. The highest BCUT2D eigenvalue weighted by atomic mass is 79.9. The molecule has 8 heteroatoms. The number of anilines is 2. The van der Waals surface area contributed by atoms with Gasteiger partial charge in [0, 0.05) is 20.3 Å². The first-order chi connectivity index (χ1) is 11.5. The summed E-state index contributed by atoms with van der Waals surface area (Å²) in [6.07, 6.45) is 0. The normalized spacial score (nSPS) is 9.92. The summed E-state index contributed by atoms with van der Waals surface area (Å²) >= 11 is 6.70. The molecular formula is C16H16Br2N4O2. The number of halogens is 2. The van der Waals surface area contributed by atoms with Gasteiger partial charge in [-0.3, -0.25) is 20.4 Å². The molecule has 0 fully saturated rings. The fourth-order valence-electron chi connectivity index (χ4n) is 1.79. The zero-order valence-electron chi connectivity index (χ0n) is 12.6. The van der Waals surface area contributed by atoms with Crippen molar-refractivity contribution in [2.45, 2.75) is 0 Å². The molecule has 2 amide bonds. The van der Waals surface area contributed by atoms with Crippen LogP contribution in [0.4, 0.5) is 11.4 Å². The van der Waals surface area contributed by atoms with Gasteiger partial charge in [-0.25, -0.2) is 0 Å². The number of hydrogen-bond donors (Lipinski definition) is 4. The van der Waals surface area contributed by atoms with E-state index in [-0.39, 0.29) is 24.9 Å². The third-order valence-corrected chi connectivity index (χ3v) is 3.88. The van der Waals surface area contributed by atoms with Crippen LogP contribution in [-0.4, -0.2) is 24.9 Å². The summed E-state index contributed by atoms with van der Waals surface area (Å²) in [5, 5.41) is 5.92. The summed E-state index contributed by atoms with van der Waals surface area (Å²) in [7, 11) is 0. The molecule has 0 aromatic heterocycles. The van der Waals surface area contributed by atoms with E-state index in [0.717, 1.165) is 20.3 Å². The molecule has 0 heterocycles. The first kappa shape index (κ1) is 18.3. The Hall–Kier alpha value is -2.06. The molecule has 6 nitrogen and oxygen atoms in total. The van der Waals surface area contributed by atoms with Gasteiger partial charge in [0.05, 0.1) is 13.1 Å². The van der Waals surface area contributed by atoms with E-state index in [1.165, 1.54) is 0 Å². The zero-order chi connectivity index (χ0) is 17.4. The lowest BCUT2D eigenvalue weighted by molar-refractivity contribution is -0.127.